The minimum absolute atomic E-state index is 0.186. The Hall–Kier alpha value is -2.28. The number of urea groups is 1. The Morgan fingerprint density at radius 2 is 1.92 bits per heavy atom. The van der Waals surface area contributed by atoms with Gasteiger partial charge in [-0.3, -0.25) is 10.1 Å². The van der Waals surface area contributed by atoms with E-state index >= 15 is 0 Å². The first-order valence-electron chi connectivity index (χ1n) is 9.35. The molecule has 1 saturated carbocycles. The summed E-state index contributed by atoms with van der Waals surface area (Å²) in [5, 5.41) is 5.39. The number of imide groups is 1. The molecule has 3 amide bonds. The summed E-state index contributed by atoms with van der Waals surface area (Å²) in [4.78, 5) is 25.4. The van der Waals surface area contributed by atoms with Crippen molar-refractivity contribution in [1.82, 2.24) is 10.6 Å². The molecule has 26 heavy (non-hydrogen) atoms. The van der Waals surface area contributed by atoms with E-state index in [1.165, 1.54) is 6.42 Å². The van der Waals surface area contributed by atoms with Gasteiger partial charge in [0.15, 0.2) is 17.5 Å². The molecule has 1 aliphatic carbocycles. The zero-order valence-corrected chi connectivity index (χ0v) is 15.5. The smallest absolute Gasteiger partial charge is 0.321 e. The van der Waals surface area contributed by atoms with Gasteiger partial charge in [0.05, 0.1) is 7.05 Å². The fourth-order valence-electron chi connectivity index (χ4n) is 3.44. The van der Waals surface area contributed by atoms with Crippen molar-refractivity contribution in [3.05, 3.63) is 23.8 Å². The topological polar surface area (TPSA) is 81.1 Å². The fourth-order valence-corrected chi connectivity index (χ4v) is 3.44. The van der Waals surface area contributed by atoms with Crippen LogP contribution in [0.1, 0.15) is 44.6 Å². The van der Waals surface area contributed by atoms with Gasteiger partial charge in [-0.15, -0.1) is 0 Å². The van der Waals surface area contributed by atoms with Crippen LogP contribution in [-0.4, -0.2) is 37.9 Å². The van der Waals surface area contributed by atoms with Gasteiger partial charge in [-0.25, -0.2) is 4.79 Å². The number of quaternary nitrogens is 1. The minimum Gasteiger partial charge on any atom is -0.454 e. The number of ether oxygens (including phenoxy) is 2. The molecule has 0 spiro atoms. The maximum Gasteiger partial charge on any atom is 0.321 e. The Morgan fingerprint density at radius 1 is 1.19 bits per heavy atom. The molecule has 1 aromatic carbocycles. The second kappa shape index (κ2) is 8.40. The maximum atomic E-state index is 12.4. The summed E-state index contributed by atoms with van der Waals surface area (Å²) in [5.41, 5.74) is 1.05. The summed E-state index contributed by atoms with van der Waals surface area (Å²) in [6.45, 7) is 2.72. The molecule has 1 heterocycles. The molecule has 0 bridgehead atoms. The quantitative estimate of drug-likeness (QED) is 0.729. The van der Waals surface area contributed by atoms with Gasteiger partial charge in [0.2, 0.25) is 6.79 Å². The van der Waals surface area contributed by atoms with Gasteiger partial charge >= 0.3 is 6.03 Å². The van der Waals surface area contributed by atoms with Gasteiger partial charge in [-0.2, -0.15) is 0 Å². The second-order valence-electron chi connectivity index (χ2n) is 7.23. The third-order valence-corrected chi connectivity index (χ3v) is 5.23. The molecule has 7 nitrogen and oxygen atoms in total. The lowest BCUT2D eigenvalue weighted by Crippen LogP contribution is -3.12. The molecule has 1 fully saturated rings. The standard InChI is InChI=1S/C19H27N3O4/c1-13(18(23)21-19(24)20-15-6-4-3-5-7-15)22(2)11-14-8-9-16-17(10-14)26-12-25-16/h8-10,13,15H,3-7,11-12H2,1-2H3,(H2,20,21,23,24)/p+1/t13-/m0/s1. The molecule has 0 saturated heterocycles. The first kappa shape index (κ1) is 18.5. The molecule has 142 valence electrons. The number of fused-ring (bicyclic) bond motifs is 1. The van der Waals surface area contributed by atoms with Gasteiger partial charge in [0, 0.05) is 11.6 Å². The lowest BCUT2D eigenvalue weighted by atomic mass is 9.96. The van der Waals surface area contributed by atoms with Crippen LogP contribution >= 0.6 is 0 Å². The first-order chi connectivity index (χ1) is 12.5. The van der Waals surface area contributed by atoms with Crippen LogP contribution in [0.2, 0.25) is 0 Å². The highest BCUT2D eigenvalue weighted by Gasteiger charge is 2.25. The van der Waals surface area contributed by atoms with Crippen LogP contribution in [0.25, 0.3) is 0 Å². The Bertz CT molecular complexity index is 658. The first-order valence-corrected chi connectivity index (χ1v) is 9.35. The molecule has 0 aromatic heterocycles. The molecule has 2 atom stereocenters. The molecule has 0 radical (unpaired) electrons. The van der Waals surface area contributed by atoms with Gasteiger partial charge in [-0.05, 0) is 38.0 Å². The van der Waals surface area contributed by atoms with Gasteiger partial charge < -0.3 is 19.7 Å². The highest BCUT2D eigenvalue weighted by atomic mass is 16.7. The molecule has 3 rings (SSSR count). The third-order valence-electron chi connectivity index (χ3n) is 5.23. The number of benzene rings is 1. The van der Waals surface area contributed by atoms with E-state index in [0.717, 1.165) is 47.6 Å². The summed E-state index contributed by atoms with van der Waals surface area (Å²) in [6.07, 6.45) is 5.48. The van der Waals surface area contributed by atoms with E-state index in [1.807, 2.05) is 32.2 Å². The SMILES string of the molecule is C[C@@H](C(=O)NC(=O)NC1CCCCC1)[NH+](C)Cc1ccc2c(c1)OCO2. The van der Waals surface area contributed by atoms with Crippen LogP contribution in [0, 0.1) is 0 Å². The molecular weight excluding hydrogens is 334 g/mol. The highest BCUT2D eigenvalue weighted by molar-refractivity contribution is 5.96. The van der Waals surface area contributed by atoms with Crippen LogP contribution in [0.4, 0.5) is 4.79 Å². The number of carbonyl (C=O) groups is 2. The van der Waals surface area contributed by atoms with E-state index in [9.17, 15) is 9.59 Å². The van der Waals surface area contributed by atoms with Gasteiger partial charge in [0.1, 0.15) is 6.54 Å². The summed E-state index contributed by atoms with van der Waals surface area (Å²) < 4.78 is 10.7. The van der Waals surface area contributed by atoms with Gasteiger partial charge in [-0.1, -0.05) is 19.3 Å². The Kier molecular flexibility index (Phi) is 5.98. The summed E-state index contributed by atoms with van der Waals surface area (Å²) in [6, 6.07) is 5.24. The maximum absolute atomic E-state index is 12.4. The number of nitrogens with one attached hydrogen (secondary N) is 3. The number of hydrogen-bond donors (Lipinski definition) is 3. The van der Waals surface area contributed by atoms with E-state index in [4.69, 9.17) is 9.47 Å². The number of carbonyl (C=O) groups excluding carboxylic acids is 2. The lowest BCUT2D eigenvalue weighted by Gasteiger charge is -2.24. The monoisotopic (exact) mass is 362 g/mol. The van der Waals surface area contributed by atoms with Crippen LogP contribution < -0.4 is 25.0 Å². The van der Waals surface area contributed by atoms with Crippen molar-refractivity contribution < 1.29 is 24.0 Å². The van der Waals surface area contributed by atoms with Crippen LogP contribution in [0.5, 0.6) is 11.5 Å². The van der Waals surface area contributed by atoms with E-state index in [2.05, 4.69) is 10.6 Å². The van der Waals surface area contributed by atoms with Gasteiger partial charge in [0.25, 0.3) is 5.91 Å². The van der Waals surface area contributed by atoms with Crippen LogP contribution in [0.15, 0.2) is 18.2 Å². The normalized spacial score (nSPS) is 18.8. The lowest BCUT2D eigenvalue weighted by molar-refractivity contribution is -0.908. The Balaban J connectivity index is 1.48. The fraction of sp³-hybridized carbons (Fsp3) is 0.579. The number of amides is 3. The van der Waals surface area contributed by atoms with Crippen molar-refractivity contribution in [1.29, 1.82) is 0 Å². The number of likely N-dealkylation sites (N-methyl/N-ethyl adjacent to an activating group) is 1. The predicted molar refractivity (Wildman–Crippen MR) is 96.2 cm³/mol. The molecule has 7 heteroatoms. The van der Waals surface area contributed by atoms with Crippen molar-refractivity contribution in [3.63, 3.8) is 0 Å². The molecular formula is C19H28N3O4+. The summed E-state index contributed by atoms with van der Waals surface area (Å²) in [5.74, 6) is 1.22. The van der Waals surface area contributed by atoms with E-state index in [1.54, 1.807) is 0 Å². The van der Waals surface area contributed by atoms with Crippen molar-refractivity contribution in [2.45, 2.75) is 57.7 Å². The van der Waals surface area contributed by atoms with Crippen molar-refractivity contribution >= 4 is 11.9 Å². The Morgan fingerprint density at radius 3 is 2.69 bits per heavy atom. The molecule has 1 aromatic rings. The van der Waals surface area contributed by atoms with Crippen molar-refractivity contribution in [2.75, 3.05) is 13.8 Å². The van der Waals surface area contributed by atoms with E-state index in [0.29, 0.717) is 6.54 Å². The Labute approximate surface area is 154 Å². The molecule has 2 aliphatic rings. The predicted octanol–water partition coefficient (Wildman–Crippen LogP) is 0.977. The molecule has 1 unspecified atom stereocenters. The van der Waals surface area contributed by atoms with E-state index < -0.39 is 0 Å². The van der Waals surface area contributed by atoms with Crippen molar-refractivity contribution in [3.8, 4) is 11.5 Å². The van der Waals surface area contributed by atoms with E-state index in [-0.39, 0.29) is 30.8 Å². The second-order valence-corrected chi connectivity index (χ2v) is 7.23. The average molecular weight is 362 g/mol. The van der Waals surface area contributed by atoms with Crippen LogP contribution in [0.3, 0.4) is 0 Å². The largest absolute Gasteiger partial charge is 0.454 e. The molecule has 3 N–H and O–H groups in total. The number of hydrogen-bond acceptors (Lipinski definition) is 4. The minimum atomic E-state index is -0.385. The summed E-state index contributed by atoms with van der Waals surface area (Å²) >= 11 is 0. The van der Waals surface area contributed by atoms with Crippen molar-refractivity contribution in [2.24, 2.45) is 0 Å². The zero-order chi connectivity index (χ0) is 18.5. The molecule has 1 aliphatic heterocycles. The average Bonchev–Trinajstić information content (AvgIpc) is 3.09. The number of rotatable bonds is 5. The summed E-state index contributed by atoms with van der Waals surface area (Å²) in [7, 11) is 1.94. The third kappa shape index (κ3) is 4.66. The zero-order valence-electron chi connectivity index (χ0n) is 15.5. The highest BCUT2D eigenvalue weighted by Crippen LogP contribution is 2.32. The van der Waals surface area contributed by atoms with Crippen LogP contribution in [-0.2, 0) is 11.3 Å².